The molecule has 1 aliphatic carbocycles. The molecular formula is C15H25N5O. The molecule has 1 aromatic rings. The summed E-state index contributed by atoms with van der Waals surface area (Å²) in [5.41, 5.74) is 0. The van der Waals surface area contributed by atoms with Gasteiger partial charge in [0.2, 0.25) is 5.82 Å². The van der Waals surface area contributed by atoms with Crippen molar-refractivity contribution in [3.63, 3.8) is 0 Å². The number of carbonyl (C=O) groups is 1. The predicted molar refractivity (Wildman–Crippen MR) is 80.0 cm³/mol. The van der Waals surface area contributed by atoms with Crippen LogP contribution in [0.5, 0.6) is 0 Å². The Morgan fingerprint density at radius 1 is 1.33 bits per heavy atom. The highest BCUT2D eigenvalue weighted by Gasteiger charge is 2.30. The molecule has 1 saturated heterocycles. The van der Waals surface area contributed by atoms with Crippen LogP contribution in [0.1, 0.15) is 55.5 Å². The first kappa shape index (κ1) is 14.5. The highest BCUT2D eigenvalue weighted by atomic mass is 16.2. The van der Waals surface area contributed by atoms with Crippen LogP contribution in [-0.2, 0) is 6.42 Å². The van der Waals surface area contributed by atoms with Crippen LogP contribution in [0.4, 0.5) is 0 Å². The third-order valence-corrected chi connectivity index (χ3v) is 4.28. The molecule has 1 unspecified atom stereocenters. The van der Waals surface area contributed by atoms with Crippen molar-refractivity contribution in [3.8, 4) is 0 Å². The van der Waals surface area contributed by atoms with Crippen LogP contribution in [0, 0.1) is 5.92 Å². The van der Waals surface area contributed by atoms with Gasteiger partial charge >= 0.3 is 0 Å². The van der Waals surface area contributed by atoms with E-state index in [2.05, 4.69) is 27.4 Å². The summed E-state index contributed by atoms with van der Waals surface area (Å²) in [7, 11) is 0. The number of aryl methyl sites for hydroxylation is 1. The Morgan fingerprint density at radius 3 is 2.86 bits per heavy atom. The number of nitrogens with one attached hydrogen (secondary N) is 2. The minimum Gasteiger partial charge on any atom is -0.334 e. The van der Waals surface area contributed by atoms with Crippen molar-refractivity contribution in [2.45, 2.75) is 51.5 Å². The van der Waals surface area contributed by atoms with Gasteiger partial charge < -0.3 is 10.2 Å². The molecule has 1 amide bonds. The van der Waals surface area contributed by atoms with Crippen LogP contribution in [0.25, 0.3) is 0 Å². The normalized spacial score (nSPS) is 21.7. The molecule has 1 saturated carbocycles. The Morgan fingerprint density at radius 2 is 2.19 bits per heavy atom. The van der Waals surface area contributed by atoms with E-state index in [1.807, 2.05) is 4.90 Å². The zero-order chi connectivity index (χ0) is 14.7. The maximum atomic E-state index is 12.7. The predicted octanol–water partition coefficient (Wildman–Crippen LogP) is 1.36. The average molecular weight is 291 g/mol. The van der Waals surface area contributed by atoms with Gasteiger partial charge in [-0.15, -0.1) is 5.10 Å². The second kappa shape index (κ2) is 6.56. The molecule has 21 heavy (non-hydrogen) atoms. The fourth-order valence-electron chi connectivity index (χ4n) is 2.91. The van der Waals surface area contributed by atoms with E-state index < -0.39 is 0 Å². The number of aromatic nitrogens is 3. The maximum absolute atomic E-state index is 12.7. The molecule has 0 bridgehead atoms. The first-order valence-corrected chi connectivity index (χ1v) is 8.20. The van der Waals surface area contributed by atoms with Gasteiger partial charge in [-0.25, -0.2) is 4.98 Å². The molecule has 1 aromatic heterocycles. The molecule has 6 nitrogen and oxygen atoms in total. The van der Waals surface area contributed by atoms with E-state index in [9.17, 15) is 4.79 Å². The minimum absolute atomic E-state index is 0.0193. The number of aromatic amines is 1. The van der Waals surface area contributed by atoms with Gasteiger partial charge in [-0.05, 0) is 44.6 Å². The molecule has 0 aromatic carbocycles. The van der Waals surface area contributed by atoms with Gasteiger partial charge in [0, 0.05) is 25.6 Å². The zero-order valence-corrected chi connectivity index (χ0v) is 12.8. The molecule has 2 N–H and O–H groups in total. The number of nitrogens with zero attached hydrogens (tertiary/aromatic N) is 3. The van der Waals surface area contributed by atoms with Crippen molar-refractivity contribution in [2.24, 2.45) is 5.92 Å². The summed E-state index contributed by atoms with van der Waals surface area (Å²) >= 11 is 0. The van der Waals surface area contributed by atoms with Crippen molar-refractivity contribution in [1.82, 2.24) is 25.4 Å². The van der Waals surface area contributed by atoms with Crippen molar-refractivity contribution in [1.29, 1.82) is 0 Å². The van der Waals surface area contributed by atoms with Gasteiger partial charge in [0.25, 0.3) is 5.91 Å². The summed E-state index contributed by atoms with van der Waals surface area (Å²) in [6.07, 6.45) is 6.70. The van der Waals surface area contributed by atoms with Gasteiger partial charge in [0.15, 0.2) is 0 Å². The largest absolute Gasteiger partial charge is 0.334 e. The van der Waals surface area contributed by atoms with Crippen LogP contribution in [0.3, 0.4) is 0 Å². The molecule has 2 heterocycles. The van der Waals surface area contributed by atoms with Gasteiger partial charge in [-0.2, -0.15) is 0 Å². The molecule has 2 fully saturated rings. The highest BCUT2D eigenvalue weighted by Crippen LogP contribution is 2.30. The van der Waals surface area contributed by atoms with Crippen LogP contribution < -0.4 is 5.32 Å². The monoisotopic (exact) mass is 291 g/mol. The third-order valence-electron chi connectivity index (χ3n) is 4.28. The summed E-state index contributed by atoms with van der Waals surface area (Å²) in [5.74, 6) is 1.81. The number of hydrogen-bond acceptors (Lipinski definition) is 4. The van der Waals surface area contributed by atoms with Crippen LogP contribution in [0.15, 0.2) is 0 Å². The standard InChI is InChI=1S/C15H25N5O/c1-2-4-13-17-14(19-18-13)15(21)20(9-11-6-7-11)10-12-5-3-8-16-12/h11-12,16H,2-10H2,1H3,(H,17,18,19). The van der Waals surface area contributed by atoms with E-state index in [4.69, 9.17) is 0 Å². The summed E-state index contributed by atoms with van der Waals surface area (Å²) in [5, 5.41) is 10.5. The second-order valence-electron chi connectivity index (χ2n) is 6.30. The van der Waals surface area contributed by atoms with Crippen molar-refractivity contribution in [2.75, 3.05) is 19.6 Å². The Kier molecular flexibility index (Phi) is 4.53. The molecule has 3 rings (SSSR count). The Bertz CT molecular complexity index is 476. The lowest BCUT2D eigenvalue weighted by Gasteiger charge is -2.24. The second-order valence-corrected chi connectivity index (χ2v) is 6.30. The van der Waals surface area contributed by atoms with Crippen molar-refractivity contribution < 1.29 is 4.79 Å². The Labute approximate surface area is 125 Å². The van der Waals surface area contributed by atoms with E-state index in [-0.39, 0.29) is 5.91 Å². The van der Waals surface area contributed by atoms with E-state index in [0.717, 1.165) is 44.7 Å². The van der Waals surface area contributed by atoms with Crippen LogP contribution in [0.2, 0.25) is 0 Å². The summed E-state index contributed by atoms with van der Waals surface area (Å²) in [6, 6.07) is 0.432. The van der Waals surface area contributed by atoms with E-state index in [1.165, 1.54) is 19.3 Å². The van der Waals surface area contributed by atoms with Gasteiger partial charge in [-0.1, -0.05) is 6.92 Å². The molecule has 0 spiro atoms. The number of hydrogen-bond donors (Lipinski definition) is 2. The number of H-pyrrole nitrogens is 1. The molecule has 1 atom stereocenters. The number of rotatable bonds is 7. The van der Waals surface area contributed by atoms with Crippen molar-refractivity contribution in [3.05, 3.63) is 11.6 Å². The smallest absolute Gasteiger partial charge is 0.293 e. The topological polar surface area (TPSA) is 73.9 Å². The first-order chi connectivity index (χ1) is 10.3. The highest BCUT2D eigenvalue weighted by molar-refractivity contribution is 5.90. The van der Waals surface area contributed by atoms with Gasteiger partial charge in [0.1, 0.15) is 5.82 Å². The fourth-order valence-corrected chi connectivity index (χ4v) is 2.91. The quantitative estimate of drug-likeness (QED) is 0.795. The SMILES string of the molecule is CCCc1nc(C(=O)N(CC2CC2)CC2CCCN2)n[nH]1. The third kappa shape index (κ3) is 3.81. The average Bonchev–Trinajstić information content (AvgIpc) is 2.96. The minimum atomic E-state index is -0.0193. The van der Waals surface area contributed by atoms with Crippen molar-refractivity contribution >= 4 is 5.91 Å². The lowest BCUT2D eigenvalue weighted by atomic mass is 10.2. The molecule has 116 valence electrons. The van der Waals surface area contributed by atoms with Gasteiger partial charge in [0.05, 0.1) is 0 Å². The Balaban J connectivity index is 1.65. The lowest BCUT2D eigenvalue weighted by Crippen LogP contribution is -2.42. The number of amides is 1. The molecule has 6 heteroatoms. The van der Waals surface area contributed by atoms with E-state index in [0.29, 0.717) is 17.8 Å². The van der Waals surface area contributed by atoms with Crippen LogP contribution >= 0.6 is 0 Å². The summed E-state index contributed by atoms with van der Waals surface area (Å²) in [6.45, 7) is 4.80. The van der Waals surface area contributed by atoms with E-state index in [1.54, 1.807) is 0 Å². The first-order valence-electron chi connectivity index (χ1n) is 8.20. The maximum Gasteiger partial charge on any atom is 0.293 e. The molecular weight excluding hydrogens is 266 g/mol. The molecule has 0 radical (unpaired) electrons. The lowest BCUT2D eigenvalue weighted by molar-refractivity contribution is 0.0721. The summed E-state index contributed by atoms with van der Waals surface area (Å²) < 4.78 is 0. The Hall–Kier alpha value is -1.43. The fraction of sp³-hybridized carbons (Fsp3) is 0.800. The van der Waals surface area contributed by atoms with Gasteiger partial charge in [-0.3, -0.25) is 9.89 Å². The van der Waals surface area contributed by atoms with Crippen LogP contribution in [-0.4, -0.2) is 51.7 Å². The summed E-state index contributed by atoms with van der Waals surface area (Å²) in [4.78, 5) is 19.0. The molecule has 1 aliphatic heterocycles. The zero-order valence-electron chi connectivity index (χ0n) is 12.8. The van der Waals surface area contributed by atoms with E-state index >= 15 is 0 Å². The molecule has 2 aliphatic rings. The number of carbonyl (C=O) groups excluding carboxylic acids is 1.